The highest BCUT2D eigenvalue weighted by atomic mass is 35.5. The Kier molecular flexibility index (Phi) is 3.66. The van der Waals surface area contributed by atoms with Gasteiger partial charge < -0.3 is 5.32 Å². The number of hydrogen-bond donors (Lipinski definition) is 1. The molecule has 0 spiro atoms. The lowest BCUT2D eigenvalue weighted by molar-refractivity contribution is 0.526. The Morgan fingerprint density at radius 3 is 2.63 bits per heavy atom. The summed E-state index contributed by atoms with van der Waals surface area (Å²) in [4.78, 5) is 1.30. The van der Waals surface area contributed by atoms with Crippen LogP contribution in [0.15, 0.2) is 35.7 Å². The van der Waals surface area contributed by atoms with E-state index in [1.165, 1.54) is 22.4 Å². The Bertz CT molecular complexity index is 563. The molecule has 3 unspecified atom stereocenters. The zero-order valence-electron chi connectivity index (χ0n) is 11.2. The van der Waals surface area contributed by atoms with Gasteiger partial charge in [0.15, 0.2) is 0 Å². The Balaban J connectivity index is 1.81. The molecule has 1 nitrogen and oxygen atoms in total. The Morgan fingerprint density at radius 1 is 1.32 bits per heavy atom. The van der Waals surface area contributed by atoms with Crippen molar-refractivity contribution in [3.63, 3.8) is 0 Å². The van der Waals surface area contributed by atoms with E-state index in [-0.39, 0.29) is 0 Å². The minimum Gasteiger partial charge on any atom is -0.312 e. The lowest BCUT2D eigenvalue weighted by atomic mass is 10.0. The highest BCUT2D eigenvalue weighted by Gasteiger charge is 2.44. The van der Waals surface area contributed by atoms with Crippen LogP contribution in [0.2, 0.25) is 5.02 Å². The van der Waals surface area contributed by atoms with Gasteiger partial charge in [-0.3, -0.25) is 0 Å². The third kappa shape index (κ3) is 2.45. The van der Waals surface area contributed by atoms with Crippen LogP contribution in [0.5, 0.6) is 0 Å². The number of nitrogens with one attached hydrogen (secondary N) is 1. The predicted octanol–water partition coefficient (Wildman–Crippen LogP) is 4.77. The summed E-state index contributed by atoms with van der Waals surface area (Å²) in [5.41, 5.74) is 2.65. The molecule has 1 N–H and O–H groups in total. The van der Waals surface area contributed by atoms with Crippen LogP contribution in [0.3, 0.4) is 0 Å². The van der Waals surface area contributed by atoms with Crippen LogP contribution in [-0.2, 0) is 0 Å². The van der Waals surface area contributed by atoms with Crippen molar-refractivity contribution in [1.82, 2.24) is 5.32 Å². The van der Waals surface area contributed by atoms with Gasteiger partial charge in [0.2, 0.25) is 0 Å². The molecule has 0 amide bonds. The fourth-order valence-electron chi connectivity index (χ4n) is 2.87. The number of thiophene rings is 1. The average molecular weight is 292 g/mol. The molecule has 1 fully saturated rings. The van der Waals surface area contributed by atoms with Crippen molar-refractivity contribution in [2.75, 3.05) is 7.05 Å². The molecule has 1 aromatic heterocycles. The second-order valence-electron chi connectivity index (χ2n) is 5.28. The molecule has 2 aromatic rings. The Hall–Kier alpha value is -0.830. The summed E-state index contributed by atoms with van der Waals surface area (Å²) in [5.74, 6) is 1.35. The summed E-state index contributed by atoms with van der Waals surface area (Å²) in [6, 6.07) is 11.2. The minimum absolute atomic E-state index is 0.386. The molecule has 3 atom stereocenters. The zero-order valence-corrected chi connectivity index (χ0v) is 12.8. The molecule has 1 aliphatic rings. The lowest BCUT2D eigenvalue weighted by Gasteiger charge is -2.15. The SMILES string of the molecule is CNC(c1scc(C)c1Cl)C1CC1c1ccccc1. The molecule has 0 radical (unpaired) electrons. The highest BCUT2D eigenvalue weighted by molar-refractivity contribution is 7.10. The second-order valence-corrected chi connectivity index (χ2v) is 6.57. The number of halogens is 1. The first kappa shape index (κ1) is 13.2. The van der Waals surface area contributed by atoms with Crippen molar-refractivity contribution in [3.8, 4) is 0 Å². The van der Waals surface area contributed by atoms with Crippen LogP contribution in [-0.4, -0.2) is 7.05 Å². The molecule has 3 heteroatoms. The van der Waals surface area contributed by atoms with E-state index in [4.69, 9.17) is 11.6 Å². The fraction of sp³-hybridized carbons (Fsp3) is 0.375. The van der Waals surface area contributed by atoms with Gasteiger partial charge in [-0.15, -0.1) is 11.3 Å². The van der Waals surface area contributed by atoms with Crippen molar-refractivity contribution >= 4 is 22.9 Å². The van der Waals surface area contributed by atoms with Crippen LogP contribution in [0.25, 0.3) is 0 Å². The van der Waals surface area contributed by atoms with Crippen molar-refractivity contribution in [1.29, 1.82) is 0 Å². The molecule has 0 saturated heterocycles. The zero-order chi connectivity index (χ0) is 13.4. The van der Waals surface area contributed by atoms with E-state index in [9.17, 15) is 0 Å². The first-order chi connectivity index (χ1) is 9.22. The standard InChI is InChI=1S/C16H18ClNS/c1-10-9-19-16(14(10)17)15(18-2)13-8-12(13)11-6-4-3-5-7-11/h3-7,9,12-13,15,18H,8H2,1-2H3. The van der Waals surface area contributed by atoms with E-state index in [0.717, 1.165) is 5.02 Å². The normalized spacial score (nSPS) is 23.3. The highest BCUT2D eigenvalue weighted by Crippen LogP contribution is 2.55. The minimum atomic E-state index is 0.386. The van der Waals surface area contributed by atoms with Gasteiger partial charge >= 0.3 is 0 Å². The van der Waals surface area contributed by atoms with Gasteiger partial charge in [0.05, 0.1) is 5.02 Å². The van der Waals surface area contributed by atoms with Gasteiger partial charge in [0, 0.05) is 10.9 Å². The summed E-state index contributed by atoms with van der Waals surface area (Å²) in [6.07, 6.45) is 1.25. The molecular formula is C16H18ClNS. The number of rotatable bonds is 4. The summed E-state index contributed by atoms with van der Waals surface area (Å²) in [5, 5.41) is 6.56. The van der Waals surface area contributed by atoms with E-state index >= 15 is 0 Å². The fourth-order valence-corrected chi connectivity index (χ4v) is 4.36. The maximum atomic E-state index is 6.42. The van der Waals surface area contributed by atoms with Gasteiger partial charge in [0.25, 0.3) is 0 Å². The quantitative estimate of drug-likeness (QED) is 0.855. The number of benzene rings is 1. The van der Waals surface area contributed by atoms with Crippen molar-refractivity contribution < 1.29 is 0 Å². The number of hydrogen-bond acceptors (Lipinski definition) is 2. The van der Waals surface area contributed by atoms with Crippen LogP contribution in [0.4, 0.5) is 0 Å². The summed E-state index contributed by atoms with van der Waals surface area (Å²) in [6.45, 7) is 2.08. The monoisotopic (exact) mass is 291 g/mol. The van der Waals surface area contributed by atoms with Crippen molar-refractivity contribution in [2.24, 2.45) is 5.92 Å². The average Bonchev–Trinajstić information content (AvgIpc) is 3.16. The van der Waals surface area contributed by atoms with E-state index < -0.39 is 0 Å². The Morgan fingerprint density at radius 2 is 2.05 bits per heavy atom. The molecule has 1 aliphatic carbocycles. The molecule has 100 valence electrons. The van der Waals surface area contributed by atoms with E-state index in [2.05, 4.69) is 48.0 Å². The van der Waals surface area contributed by atoms with Crippen LogP contribution in [0.1, 0.15) is 34.4 Å². The van der Waals surface area contributed by atoms with E-state index in [0.29, 0.717) is 17.9 Å². The molecule has 0 bridgehead atoms. The van der Waals surface area contributed by atoms with Gasteiger partial charge in [-0.2, -0.15) is 0 Å². The number of aryl methyl sites for hydroxylation is 1. The lowest BCUT2D eigenvalue weighted by Crippen LogP contribution is -2.18. The van der Waals surface area contributed by atoms with Gasteiger partial charge in [0.1, 0.15) is 0 Å². The maximum absolute atomic E-state index is 6.42. The molecule has 0 aliphatic heterocycles. The summed E-state index contributed by atoms with van der Waals surface area (Å²) >= 11 is 8.20. The molecule has 3 rings (SSSR count). The Labute approximate surface area is 123 Å². The third-order valence-electron chi connectivity index (χ3n) is 4.01. The van der Waals surface area contributed by atoms with Crippen LogP contribution in [0, 0.1) is 12.8 Å². The topological polar surface area (TPSA) is 12.0 Å². The molecular weight excluding hydrogens is 274 g/mol. The molecule has 19 heavy (non-hydrogen) atoms. The molecule has 1 aromatic carbocycles. The smallest absolute Gasteiger partial charge is 0.0590 e. The molecule has 1 saturated carbocycles. The van der Waals surface area contributed by atoms with Gasteiger partial charge in [-0.05, 0) is 48.7 Å². The van der Waals surface area contributed by atoms with E-state index in [1.54, 1.807) is 11.3 Å². The maximum Gasteiger partial charge on any atom is 0.0590 e. The van der Waals surface area contributed by atoms with Crippen LogP contribution >= 0.6 is 22.9 Å². The summed E-state index contributed by atoms with van der Waals surface area (Å²) < 4.78 is 0. The third-order valence-corrected chi connectivity index (χ3v) is 5.81. The predicted molar refractivity (Wildman–Crippen MR) is 83.2 cm³/mol. The molecule has 1 heterocycles. The summed E-state index contributed by atoms with van der Waals surface area (Å²) in [7, 11) is 2.04. The first-order valence-electron chi connectivity index (χ1n) is 6.68. The van der Waals surface area contributed by atoms with Crippen LogP contribution < -0.4 is 5.32 Å². The van der Waals surface area contributed by atoms with Gasteiger partial charge in [-0.1, -0.05) is 41.9 Å². The van der Waals surface area contributed by atoms with Crippen molar-refractivity contribution in [3.05, 3.63) is 56.7 Å². The largest absolute Gasteiger partial charge is 0.312 e. The van der Waals surface area contributed by atoms with Gasteiger partial charge in [-0.25, -0.2) is 0 Å². The van der Waals surface area contributed by atoms with E-state index in [1.807, 2.05) is 7.05 Å². The second kappa shape index (κ2) is 5.28. The first-order valence-corrected chi connectivity index (χ1v) is 7.93. The van der Waals surface area contributed by atoms with Crippen molar-refractivity contribution in [2.45, 2.75) is 25.3 Å².